The van der Waals surface area contributed by atoms with E-state index in [0.717, 1.165) is 55.4 Å². The van der Waals surface area contributed by atoms with E-state index < -0.39 is 0 Å². The molecule has 4 heteroatoms. The zero-order valence-electron chi connectivity index (χ0n) is 29.3. The first-order chi connectivity index (χ1) is 26.1. The van der Waals surface area contributed by atoms with Gasteiger partial charge >= 0.3 is 0 Å². The molecule has 0 bridgehead atoms. The molecule has 1 aliphatic rings. The molecule has 0 spiro atoms. The molecule has 250 valence electrons. The average Bonchev–Trinajstić information content (AvgIpc) is 3.84. The Hall–Kier alpha value is -6.36. The van der Waals surface area contributed by atoms with E-state index in [-0.39, 0.29) is 5.41 Å². The van der Waals surface area contributed by atoms with Crippen molar-refractivity contribution < 1.29 is 0 Å². The van der Waals surface area contributed by atoms with Crippen molar-refractivity contribution in [3.05, 3.63) is 174 Å². The molecular formula is C49H33N3S. The van der Waals surface area contributed by atoms with Crippen LogP contribution in [0.5, 0.6) is 0 Å². The van der Waals surface area contributed by atoms with E-state index in [9.17, 15) is 0 Å². The Morgan fingerprint density at radius 2 is 1.15 bits per heavy atom. The predicted octanol–water partition coefficient (Wildman–Crippen LogP) is 13.2. The second kappa shape index (κ2) is 11.3. The first kappa shape index (κ1) is 30.3. The predicted molar refractivity (Wildman–Crippen MR) is 223 cm³/mol. The molecule has 0 aliphatic heterocycles. The molecule has 0 fully saturated rings. The molecule has 0 unspecified atom stereocenters. The maximum atomic E-state index is 5.61. The fourth-order valence-electron chi connectivity index (χ4n) is 8.66. The van der Waals surface area contributed by atoms with Crippen molar-refractivity contribution in [3.63, 3.8) is 0 Å². The van der Waals surface area contributed by atoms with Crippen LogP contribution in [0.25, 0.3) is 93.4 Å². The highest BCUT2D eigenvalue weighted by Crippen LogP contribution is 2.56. The van der Waals surface area contributed by atoms with E-state index in [0.29, 0.717) is 5.95 Å². The monoisotopic (exact) mass is 695 g/mol. The molecule has 0 saturated heterocycles. The van der Waals surface area contributed by atoms with Gasteiger partial charge in [-0.05, 0) is 46.0 Å². The molecule has 3 heterocycles. The summed E-state index contributed by atoms with van der Waals surface area (Å²) in [5.74, 6) is 0.674. The highest BCUT2D eigenvalue weighted by molar-refractivity contribution is 7.21. The summed E-state index contributed by atoms with van der Waals surface area (Å²) in [5.41, 5.74) is 13.7. The van der Waals surface area contributed by atoms with E-state index in [4.69, 9.17) is 9.97 Å². The maximum absolute atomic E-state index is 5.61. The Morgan fingerprint density at radius 1 is 0.509 bits per heavy atom. The van der Waals surface area contributed by atoms with Crippen LogP contribution < -0.4 is 0 Å². The molecule has 0 N–H and O–H groups in total. The molecule has 3 nitrogen and oxygen atoms in total. The molecule has 0 saturated carbocycles. The first-order valence-corrected chi connectivity index (χ1v) is 19.0. The van der Waals surface area contributed by atoms with Crippen LogP contribution >= 0.6 is 11.3 Å². The molecule has 0 atom stereocenters. The summed E-state index contributed by atoms with van der Waals surface area (Å²) < 4.78 is 3.61. The summed E-state index contributed by atoms with van der Waals surface area (Å²) in [6.07, 6.45) is 0. The van der Waals surface area contributed by atoms with Crippen LogP contribution in [0, 0.1) is 0 Å². The largest absolute Gasteiger partial charge is 0.276 e. The quantitative estimate of drug-likeness (QED) is 0.183. The lowest BCUT2D eigenvalue weighted by molar-refractivity contribution is 0.674. The lowest BCUT2D eigenvalue weighted by Crippen LogP contribution is -2.13. The minimum atomic E-state index is -0.0836. The fraction of sp³-hybridized carbons (Fsp3) is 0.0612. The van der Waals surface area contributed by atoms with Crippen molar-refractivity contribution in [2.45, 2.75) is 19.3 Å². The molecule has 11 rings (SSSR count). The number of fused-ring (bicyclic) bond motifs is 10. The van der Waals surface area contributed by atoms with Crippen LogP contribution in [-0.2, 0) is 5.41 Å². The standard InChI is InChI=1S/C49H33N3S/c1-49(2)40-24-14-12-23-36(40)42-37-27-26-35-34-22-13-15-25-41(34)52(45(35)46(37)53-47(42)49)48-50-43(32-20-10-5-11-21-32)39-29-33(30-16-6-3-7-17-30)28-38(44(39)51-48)31-18-8-4-9-19-31/h3-29H,1-2H3. The van der Waals surface area contributed by atoms with Crippen LogP contribution in [0.4, 0.5) is 0 Å². The van der Waals surface area contributed by atoms with Crippen molar-refractivity contribution in [1.82, 2.24) is 14.5 Å². The van der Waals surface area contributed by atoms with E-state index in [1.165, 1.54) is 42.4 Å². The Balaban J connectivity index is 1.29. The number of benzene rings is 7. The van der Waals surface area contributed by atoms with Gasteiger partial charge in [-0.25, -0.2) is 9.97 Å². The van der Waals surface area contributed by atoms with Crippen molar-refractivity contribution in [1.29, 1.82) is 0 Å². The van der Waals surface area contributed by atoms with Crippen molar-refractivity contribution in [2.75, 3.05) is 0 Å². The number of hydrogen-bond donors (Lipinski definition) is 0. The average molecular weight is 696 g/mol. The van der Waals surface area contributed by atoms with Gasteiger partial charge in [0.2, 0.25) is 5.95 Å². The van der Waals surface area contributed by atoms with Crippen LogP contribution in [0.1, 0.15) is 24.3 Å². The van der Waals surface area contributed by atoms with Crippen LogP contribution in [-0.4, -0.2) is 14.5 Å². The molecular weight excluding hydrogens is 663 g/mol. The van der Waals surface area contributed by atoms with Gasteiger partial charge in [-0.15, -0.1) is 11.3 Å². The Labute approximate surface area is 311 Å². The minimum Gasteiger partial charge on any atom is -0.276 e. The van der Waals surface area contributed by atoms with Crippen molar-refractivity contribution >= 4 is 54.1 Å². The Bertz CT molecular complexity index is 3060. The maximum Gasteiger partial charge on any atom is 0.235 e. The number of aromatic nitrogens is 3. The third-order valence-corrected chi connectivity index (χ3v) is 12.7. The van der Waals surface area contributed by atoms with Crippen molar-refractivity contribution in [3.8, 4) is 50.6 Å². The zero-order valence-corrected chi connectivity index (χ0v) is 30.2. The summed E-state index contributed by atoms with van der Waals surface area (Å²) in [4.78, 5) is 12.6. The summed E-state index contributed by atoms with van der Waals surface area (Å²) in [6, 6.07) is 58.7. The van der Waals surface area contributed by atoms with Crippen LogP contribution in [0.3, 0.4) is 0 Å². The number of hydrogen-bond acceptors (Lipinski definition) is 3. The minimum absolute atomic E-state index is 0.0836. The van der Waals surface area contributed by atoms with E-state index in [1.807, 2.05) is 11.3 Å². The summed E-state index contributed by atoms with van der Waals surface area (Å²) in [6.45, 7) is 4.74. The number of para-hydroxylation sites is 1. The van der Waals surface area contributed by atoms with Crippen molar-refractivity contribution in [2.24, 2.45) is 0 Å². The molecule has 3 aromatic heterocycles. The smallest absolute Gasteiger partial charge is 0.235 e. The lowest BCUT2D eigenvalue weighted by atomic mass is 9.87. The molecule has 0 amide bonds. The highest BCUT2D eigenvalue weighted by Gasteiger charge is 2.39. The molecule has 53 heavy (non-hydrogen) atoms. The van der Waals surface area contributed by atoms with Crippen LogP contribution in [0.2, 0.25) is 0 Å². The molecule has 7 aromatic carbocycles. The second-order valence-electron chi connectivity index (χ2n) is 14.6. The molecule has 1 aliphatic carbocycles. The summed E-state index contributed by atoms with van der Waals surface area (Å²) >= 11 is 1.93. The summed E-state index contributed by atoms with van der Waals surface area (Å²) in [5, 5.41) is 4.73. The van der Waals surface area contributed by atoms with Gasteiger partial charge in [-0.3, -0.25) is 4.57 Å². The third kappa shape index (κ3) is 4.39. The topological polar surface area (TPSA) is 30.7 Å². The molecule has 0 radical (unpaired) electrons. The number of rotatable bonds is 4. The third-order valence-electron chi connectivity index (χ3n) is 11.2. The SMILES string of the molecule is CC1(C)c2ccccc2-c2c1sc1c2ccc2c3ccccc3n(-c3nc(-c4ccccc4)c4cc(-c5ccccc5)cc(-c5ccccc5)c4n3)c21. The number of nitrogens with zero attached hydrogens (tertiary/aromatic N) is 3. The first-order valence-electron chi connectivity index (χ1n) is 18.2. The lowest BCUT2D eigenvalue weighted by Gasteiger charge is -2.19. The van der Waals surface area contributed by atoms with Gasteiger partial charge in [0.25, 0.3) is 0 Å². The van der Waals surface area contributed by atoms with E-state index in [1.54, 1.807) is 0 Å². The Morgan fingerprint density at radius 3 is 1.92 bits per heavy atom. The van der Waals surface area contributed by atoms with Gasteiger partial charge in [0.1, 0.15) is 0 Å². The van der Waals surface area contributed by atoms with Gasteiger partial charge < -0.3 is 0 Å². The Kier molecular flexibility index (Phi) is 6.47. The molecule has 10 aromatic rings. The zero-order chi connectivity index (χ0) is 35.3. The van der Waals surface area contributed by atoms with Gasteiger partial charge in [-0.2, -0.15) is 0 Å². The van der Waals surface area contributed by atoms with Gasteiger partial charge in [0.05, 0.1) is 26.9 Å². The summed E-state index contributed by atoms with van der Waals surface area (Å²) in [7, 11) is 0. The van der Waals surface area contributed by atoms with Gasteiger partial charge in [-0.1, -0.05) is 159 Å². The van der Waals surface area contributed by atoms with Gasteiger partial charge in [0, 0.05) is 48.5 Å². The number of thiophene rings is 1. The van der Waals surface area contributed by atoms with Crippen LogP contribution in [0.15, 0.2) is 164 Å². The second-order valence-corrected chi connectivity index (χ2v) is 15.6. The van der Waals surface area contributed by atoms with Gasteiger partial charge in [0.15, 0.2) is 0 Å². The van der Waals surface area contributed by atoms with E-state index in [2.05, 4.69) is 182 Å². The van der Waals surface area contributed by atoms with E-state index >= 15 is 0 Å². The normalized spacial score (nSPS) is 13.2. The highest BCUT2D eigenvalue weighted by atomic mass is 32.1. The fourth-order valence-corrected chi connectivity index (χ4v) is 10.1.